The number of rotatable bonds is 7. The van der Waals surface area contributed by atoms with E-state index in [1.807, 2.05) is 24.3 Å². The molecule has 0 aliphatic rings. The zero-order chi connectivity index (χ0) is 26.7. The molecule has 4 rings (SSSR count). The highest BCUT2D eigenvalue weighted by Crippen LogP contribution is 2.39. The second kappa shape index (κ2) is 10.7. The Hall–Kier alpha value is -3.76. The summed E-state index contributed by atoms with van der Waals surface area (Å²) < 4.78 is 21.9. The fraction of sp³-hybridized carbons (Fsp3) is 0.231. The number of carbonyl (C=O) groups is 1. The molecule has 0 fully saturated rings. The van der Waals surface area contributed by atoms with Crippen LogP contribution >= 0.6 is 11.6 Å². The number of nitrogens with zero attached hydrogens (tertiary/aromatic N) is 4. The van der Waals surface area contributed by atoms with Crippen LogP contribution in [-0.4, -0.2) is 43.5 Å². The van der Waals surface area contributed by atoms with Crippen molar-refractivity contribution in [3.05, 3.63) is 77.2 Å². The first-order valence-electron chi connectivity index (χ1n) is 11.3. The summed E-state index contributed by atoms with van der Waals surface area (Å²) in [5, 5.41) is 11.7. The molecular weight excluding hydrogens is 512 g/mol. The molecule has 192 valence electrons. The second-order valence-electron chi connectivity index (χ2n) is 9.32. The molecular formula is C26H27ClN6O3S. The lowest BCUT2D eigenvalue weighted by atomic mass is 9.86. The van der Waals surface area contributed by atoms with Crippen LogP contribution < -0.4 is 14.8 Å². The van der Waals surface area contributed by atoms with E-state index in [0.717, 1.165) is 11.1 Å². The number of aromatic nitrogens is 4. The highest BCUT2D eigenvalue weighted by atomic mass is 35.5. The zero-order valence-electron chi connectivity index (χ0n) is 21.1. The van der Waals surface area contributed by atoms with Crippen LogP contribution in [0, 0.1) is 0 Å². The van der Waals surface area contributed by atoms with E-state index in [-0.39, 0.29) is 11.3 Å². The maximum absolute atomic E-state index is 13.4. The Morgan fingerprint density at radius 1 is 1.14 bits per heavy atom. The number of amides is 1. The maximum atomic E-state index is 13.4. The molecule has 37 heavy (non-hydrogen) atoms. The van der Waals surface area contributed by atoms with Gasteiger partial charge in [0.25, 0.3) is 5.91 Å². The topological polar surface area (TPSA) is 111 Å². The van der Waals surface area contributed by atoms with Gasteiger partial charge in [-0.2, -0.15) is 0 Å². The summed E-state index contributed by atoms with van der Waals surface area (Å²) in [6.07, 6.45) is 6.62. The van der Waals surface area contributed by atoms with E-state index in [9.17, 15) is 9.00 Å². The van der Waals surface area contributed by atoms with Gasteiger partial charge < -0.3 is 14.8 Å². The summed E-state index contributed by atoms with van der Waals surface area (Å²) in [5.74, 6) is 0.00145. The predicted octanol–water partition coefficient (Wildman–Crippen LogP) is 5.25. The van der Waals surface area contributed by atoms with Crippen molar-refractivity contribution in [3.8, 4) is 22.7 Å². The van der Waals surface area contributed by atoms with Gasteiger partial charge in [-0.15, -0.1) is 5.10 Å². The molecule has 0 bridgehead atoms. The molecule has 1 atom stereocenters. The third-order valence-corrected chi connectivity index (χ3v) is 6.39. The van der Waals surface area contributed by atoms with Gasteiger partial charge in [-0.05, 0) is 53.4 Å². The lowest BCUT2D eigenvalue weighted by Crippen LogP contribution is -2.17. The Bertz CT molecular complexity index is 1470. The molecule has 0 aliphatic carbocycles. The van der Waals surface area contributed by atoms with Crippen molar-refractivity contribution >= 4 is 39.9 Å². The van der Waals surface area contributed by atoms with E-state index >= 15 is 0 Å². The van der Waals surface area contributed by atoms with Gasteiger partial charge >= 0.3 is 0 Å². The van der Waals surface area contributed by atoms with E-state index in [4.69, 9.17) is 16.3 Å². The molecule has 2 N–H and O–H groups in total. The highest BCUT2D eigenvalue weighted by Gasteiger charge is 2.22. The van der Waals surface area contributed by atoms with E-state index in [0.29, 0.717) is 39.1 Å². The molecule has 0 saturated carbocycles. The molecule has 9 nitrogen and oxygen atoms in total. The Morgan fingerprint density at radius 3 is 2.54 bits per heavy atom. The lowest BCUT2D eigenvalue weighted by Gasteiger charge is -2.24. The summed E-state index contributed by atoms with van der Waals surface area (Å²) >= 11 is 6.45. The van der Waals surface area contributed by atoms with Crippen molar-refractivity contribution < 1.29 is 13.7 Å². The average molecular weight is 539 g/mol. The molecule has 0 saturated heterocycles. The maximum Gasteiger partial charge on any atom is 0.255 e. The monoisotopic (exact) mass is 538 g/mol. The van der Waals surface area contributed by atoms with Gasteiger partial charge in [-0.25, -0.2) is 8.89 Å². The Labute approximate surface area is 222 Å². The summed E-state index contributed by atoms with van der Waals surface area (Å²) in [7, 11) is 0.160. The van der Waals surface area contributed by atoms with Crippen molar-refractivity contribution in [1.82, 2.24) is 20.0 Å². The normalized spacial score (nSPS) is 12.2. The van der Waals surface area contributed by atoms with Crippen LogP contribution in [0.15, 0.2) is 61.1 Å². The minimum atomic E-state index is -1.34. The number of hydrogen-bond acceptors (Lipinski definition) is 6. The molecule has 4 aromatic rings. The molecule has 11 heteroatoms. The molecule has 2 aromatic carbocycles. The quantitative estimate of drug-likeness (QED) is 0.332. The number of benzene rings is 2. The van der Waals surface area contributed by atoms with Crippen molar-refractivity contribution in [2.24, 2.45) is 0 Å². The first-order valence-corrected chi connectivity index (χ1v) is 13.3. The van der Waals surface area contributed by atoms with Gasteiger partial charge in [0.2, 0.25) is 0 Å². The van der Waals surface area contributed by atoms with E-state index < -0.39 is 11.0 Å². The standard InChI is InChI=1S/C26H27ClN6O3S/c1-26(2,3)18-12-20(24(36-4)21(13-18)31-37(5)35)29-25(34)16-8-9-19(27)23(11-16)33-15-22(30-32-33)17-7-6-10-28-14-17/h6-15,31H,1-5H3,(H,29,34). The number of hydrogen-bond donors (Lipinski definition) is 2. The van der Waals surface area contributed by atoms with Crippen molar-refractivity contribution in [1.29, 1.82) is 0 Å². The van der Waals surface area contributed by atoms with Crippen LogP contribution in [0.2, 0.25) is 5.02 Å². The number of carbonyl (C=O) groups excluding carboxylic acids is 1. The van der Waals surface area contributed by atoms with E-state index in [1.165, 1.54) is 18.0 Å². The first kappa shape index (κ1) is 26.3. The van der Waals surface area contributed by atoms with Crippen LogP contribution in [0.25, 0.3) is 16.9 Å². The minimum Gasteiger partial charge on any atom is -0.492 e. The first-order chi connectivity index (χ1) is 17.6. The number of halogens is 1. The lowest BCUT2D eigenvalue weighted by molar-refractivity contribution is 0.102. The fourth-order valence-electron chi connectivity index (χ4n) is 3.66. The van der Waals surface area contributed by atoms with Gasteiger partial charge in [0.15, 0.2) is 5.75 Å². The smallest absolute Gasteiger partial charge is 0.255 e. The zero-order valence-corrected chi connectivity index (χ0v) is 22.6. The molecule has 1 unspecified atom stereocenters. The molecule has 0 spiro atoms. The van der Waals surface area contributed by atoms with Crippen LogP contribution in [0.3, 0.4) is 0 Å². The number of pyridine rings is 1. The van der Waals surface area contributed by atoms with Gasteiger partial charge in [0, 0.05) is 29.8 Å². The van der Waals surface area contributed by atoms with Crippen LogP contribution in [-0.2, 0) is 16.4 Å². The van der Waals surface area contributed by atoms with E-state index in [1.54, 1.807) is 36.8 Å². The number of anilines is 2. The van der Waals surface area contributed by atoms with Crippen molar-refractivity contribution in [2.75, 3.05) is 23.4 Å². The summed E-state index contributed by atoms with van der Waals surface area (Å²) in [6.45, 7) is 6.16. The summed E-state index contributed by atoms with van der Waals surface area (Å²) in [6, 6.07) is 12.3. The molecule has 0 aliphatic heterocycles. The fourth-order valence-corrected chi connectivity index (χ4v) is 4.32. The minimum absolute atomic E-state index is 0.232. The van der Waals surface area contributed by atoms with Gasteiger partial charge in [-0.3, -0.25) is 9.78 Å². The van der Waals surface area contributed by atoms with Crippen molar-refractivity contribution in [3.63, 3.8) is 0 Å². The third-order valence-electron chi connectivity index (χ3n) is 5.57. The summed E-state index contributed by atoms with van der Waals surface area (Å²) in [4.78, 5) is 17.5. The Morgan fingerprint density at radius 2 is 1.89 bits per heavy atom. The third kappa shape index (κ3) is 5.98. The molecule has 2 heterocycles. The van der Waals surface area contributed by atoms with Gasteiger partial charge in [0.05, 0.1) is 35.4 Å². The SMILES string of the molecule is COc1c(NC(=O)c2ccc(Cl)c(-n3cc(-c4cccnc4)nn3)c2)cc(C(C)(C)C)cc1NS(C)=O. The molecule has 1 amide bonds. The van der Waals surface area contributed by atoms with Crippen LogP contribution in [0.5, 0.6) is 5.75 Å². The predicted molar refractivity (Wildman–Crippen MR) is 147 cm³/mol. The second-order valence-corrected chi connectivity index (χ2v) is 10.8. The Balaban J connectivity index is 1.69. The highest BCUT2D eigenvalue weighted by molar-refractivity contribution is 7.85. The van der Waals surface area contributed by atoms with Crippen molar-refractivity contribution in [2.45, 2.75) is 26.2 Å². The largest absolute Gasteiger partial charge is 0.492 e. The van der Waals surface area contributed by atoms with Gasteiger partial charge in [-0.1, -0.05) is 37.6 Å². The molecule has 2 aromatic heterocycles. The Kier molecular flexibility index (Phi) is 7.60. The van der Waals surface area contributed by atoms with Crippen LogP contribution in [0.4, 0.5) is 11.4 Å². The van der Waals surface area contributed by atoms with Crippen LogP contribution in [0.1, 0.15) is 36.7 Å². The summed E-state index contributed by atoms with van der Waals surface area (Å²) in [5.41, 5.74) is 3.95. The number of ether oxygens (including phenoxy) is 1. The molecule has 0 radical (unpaired) electrons. The number of nitrogens with one attached hydrogen (secondary N) is 2. The average Bonchev–Trinajstić information content (AvgIpc) is 3.34. The number of methoxy groups -OCH3 is 1. The van der Waals surface area contributed by atoms with Gasteiger partial charge in [0.1, 0.15) is 16.7 Å². The van der Waals surface area contributed by atoms with E-state index in [2.05, 4.69) is 46.1 Å².